The average Bonchev–Trinajstić information content (AvgIpc) is 3.16. The van der Waals surface area contributed by atoms with E-state index in [1.807, 2.05) is 31.2 Å². The highest BCUT2D eigenvalue weighted by Crippen LogP contribution is 2.19. The van der Waals surface area contributed by atoms with E-state index in [1.165, 1.54) is 0 Å². The van der Waals surface area contributed by atoms with Gasteiger partial charge in [0.05, 0.1) is 6.20 Å². The molecule has 0 aliphatic carbocycles. The fourth-order valence-electron chi connectivity index (χ4n) is 3.28. The number of aromatic nitrogens is 5. The average molecular weight is 378 g/mol. The molecule has 144 valence electrons. The Kier molecular flexibility index (Phi) is 5.14. The predicted octanol–water partition coefficient (Wildman–Crippen LogP) is 2.36. The summed E-state index contributed by atoms with van der Waals surface area (Å²) in [5, 5.41) is 12.9. The van der Waals surface area contributed by atoms with E-state index in [1.54, 1.807) is 18.6 Å². The first-order valence-corrected chi connectivity index (χ1v) is 9.25. The number of hydrogen-bond donors (Lipinski definition) is 3. The second-order valence-electron chi connectivity index (χ2n) is 6.77. The number of carbonyl (C=O) groups is 1. The number of amides is 2. The third-order valence-electron chi connectivity index (χ3n) is 4.63. The van der Waals surface area contributed by atoms with E-state index in [4.69, 9.17) is 0 Å². The second-order valence-corrected chi connectivity index (χ2v) is 6.77. The summed E-state index contributed by atoms with van der Waals surface area (Å²) in [4.78, 5) is 27.3. The van der Waals surface area contributed by atoms with Crippen LogP contribution < -0.4 is 15.5 Å². The van der Waals surface area contributed by atoms with Crippen molar-refractivity contribution < 1.29 is 4.79 Å². The van der Waals surface area contributed by atoms with Crippen LogP contribution in [0.3, 0.4) is 0 Å². The number of H-pyrrole nitrogens is 1. The Balaban J connectivity index is 1.32. The van der Waals surface area contributed by atoms with E-state index in [2.05, 4.69) is 40.7 Å². The number of carbonyl (C=O) groups excluding carboxylic acids is 1. The summed E-state index contributed by atoms with van der Waals surface area (Å²) in [5.41, 5.74) is 1.61. The van der Waals surface area contributed by atoms with E-state index in [9.17, 15) is 4.79 Å². The fourth-order valence-corrected chi connectivity index (χ4v) is 3.28. The van der Waals surface area contributed by atoms with Gasteiger partial charge in [0.2, 0.25) is 0 Å². The van der Waals surface area contributed by atoms with Gasteiger partial charge in [-0.1, -0.05) is 0 Å². The number of aromatic amines is 1. The third-order valence-corrected chi connectivity index (χ3v) is 4.63. The first-order valence-electron chi connectivity index (χ1n) is 9.25. The molecule has 3 heterocycles. The zero-order valence-electron chi connectivity index (χ0n) is 15.6. The Morgan fingerprint density at radius 2 is 2.11 bits per heavy atom. The van der Waals surface area contributed by atoms with Gasteiger partial charge in [-0.3, -0.25) is 10.1 Å². The monoisotopic (exact) mass is 378 g/mol. The molecule has 2 aromatic heterocycles. The quantitative estimate of drug-likeness (QED) is 0.643. The van der Waals surface area contributed by atoms with Gasteiger partial charge in [-0.2, -0.15) is 5.10 Å². The van der Waals surface area contributed by atoms with E-state index < -0.39 is 0 Å². The lowest BCUT2D eigenvalue weighted by Gasteiger charge is -2.33. The largest absolute Gasteiger partial charge is 0.353 e. The van der Waals surface area contributed by atoms with Crippen LogP contribution in [0.1, 0.15) is 18.7 Å². The third kappa shape index (κ3) is 4.25. The topological polar surface area (TPSA) is 112 Å². The zero-order valence-corrected chi connectivity index (χ0v) is 15.6. The molecule has 0 spiro atoms. The van der Waals surface area contributed by atoms with Gasteiger partial charge in [0, 0.05) is 42.8 Å². The van der Waals surface area contributed by atoms with E-state index in [0.717, 1.165) is 48.8 Å². The molecule has 2 amide bonds. The lowest BCUT2D eigenvalue weighted by molar-refractivity contribution is 0.246. The van der Waals surface area contributed by atoms with Gasteiger partial charge in [0.15, 0.2) is 5.82 Å². The van der Waals surface area contributed by atoms with Gasteiger partial charge in [-0.05, 0) is 44.0 Å². The molecular formula is C19H22N8O. The van der Waals surface area contributed by atoms with Crippen molar-refractivity contribution in [3.05, 3.63) is 48.7 Å². The number of hydrogen-bond acceptors (Lipinski definition) is 6. The first-order chi connectivity index (χ1) is 13.7. The van der Waals surface area contributed by atoms with Crippen LogP contribution in [0.5, 0.6) is 0 Å². The highest BCUT2D eigenvalue weighted by Gasteiger charge is 2.22. The Hall–Kier alpha value is -3.49. The molecule has 1 aliphatic heterocycles. The van der Waals surface area contributed by atoms with Crippen molar-refractivity contribution in [1.29, 1.82) is 0 Å². The number of rotatable bonds is 4. The molecule has 1 atom stereocenters. The number of aryl methyl sites for hydroxylation is 1. The summed E-state index contributed by atoms with van der Waals surface area (Å²) in [6.07, 6.45) is 7.02. The lowest BCUT2D eigenvalue weighted by Crippen LogP contribution is -2.49. The van der Waals surface area contributed by atoms with Crippen LogP contribution in [0.25, 0.3) is 11.4 Å². The molecule has 4 rings (SSSR count). The van der Waals surface area contributed by atoms with Crippen molar-refractivity contribution in [2.75, 3.05) is 23.3 Å². The molecule has 3 N–H and O–H groups in total. The molecule has 9 nitrogen and oxygen atoms in total. The van der Waals surface area contributed by atoms with E-state index >= 15 is 0 Å². The normalized spacial score (nSPS) is 16.6. The van der Waals surface area contributed by atoms with Crippen molar-refractivity contribution in [3.63, 3.8) is 0 Å². The van der Waals surface area contributed by atoms with Gasteiger partial charge in [0.1, 0.15) is 11.6 Å². The summed E-state index contributed by atoms with van der Waals surface area (Å²) in [7, 11) is 0. The summed E-state index contributed by atoms with van der Waals surface area (Å²) >= 11 is 0. The molecule has 28 heavy (non-hydrogen) atoms. The SMILES string of the molecule is Cc1nc(-c2ccc(NC(=O)NC3CCCN(c4cnccn4)C3)cc2)n[nH]1. The molecule has 1 fully saturated rings. The van der Waals surface area contributed by atoms with Gasteiger partial charge in [-0.15, -0.1) is 0 Å². The van der Waals surface area contributed by atoms with Crippen molar-refractivity contribution in [3.8, 4) is 11.4 Å². The van der Waals surface area contributed by atoms with Crippen molar-refractivity contribution in [2.24, 2.45) is 0 Å². The molecule has 1 saturated heterocycles. The van der Waals surface area contributed by atoms with Gasteiger partial charge >= 0.3 is 6.03 Å². The zero-order chi connectivity index (χ0) is 19.3. The van der Waals surface area contributed by atoms with Gasteiger partial charge in [0.25, 0.3) is 0 Å². The predicted molar refractivity (Wildman–Crippen MR) is 106 cm³/mol. The summed E-state index contributed by atoms with van der Waals surface area (Å²) in [5.74, 6) is 2.24. The van der Waals surface area contributed by atoms with Crippen LogP contribution in [-0.4, -0.2) is 50.3 Å². The number of nitrogens with one attached hydrogen (secondary N) is 3. The molecule has 0 radical (unpaired) electrons. The first kappa shape index (κ1) is 17.9. The summed E-state index contributed by atoms with van der Waals surface area (Å²) < 4.78 is 0. The number of anilines is 2. The van der Waals surface area contributed by atoms with Crippen molar-refractivity contribution >= 4 is 17.5 Å². The Morgan fingerprint density at radius 3 is 2.82 bits per heavy atom. The standard InChI is InChI=1S/C19H22N8O/c1-13-22-18(26-25-13)14-4-6-15(7-5-14)23-19(28)24-16-3-2-10-27(12-16)17-11-20-8-9-21-17/h4-9,11,16H,2-3,10,12H2,1H3,(H,22,25,26)(H2,23,24,28). The molecule has 0 bridgehead atoms. The number of benzene rings is 1. The van der Waals surface area contributed by atoms with Crippen LogP contribution >= 0.6 is 0 Å². The molecule has 1 unspecified atom stereocenters. The molecule has 0 saturated carbocycles. The van der Waals surface area contributed by atoms with Gasteiger partial charge in [-0.25, -0.2) is 14.8 Å². The Bertz CT molecular complexity index is 925. The van der Waals surface area contributed by atoms with Crippen LogP contribution in [-0.2, 0) is 0 Å². The van der Waals surface area contributed by atoms with Crippen LogP contribution in [0.15, 0.2) is 42.9 Å². The lowest BCUT2D eigenvalue weighted by atomic mass is 10.1. The second kappa shape index (κ2) is 8.03. The number of nitrogens with zero attached hydrogens (tertiary/aromatic N) is 5. The maximum atomic E-state index is 12.4. The van der Waals surface area contributed by atoms with Crippen LogP contribution in [0.4, 0.5) is 16.3 Å². The van der Waals surface area contributed by atoms with Crippen LogP contribution in [0.2, 0.25) is 0 Å². The minimum atomic E-state index is -0.215. The molecule has 9 heteroatoms. The van der Waals surface area contributed by atoms with Crippen molar-refractivity contribution in [1.82, 2.24) is 30.5 Å². The van der Waals surface area contributed by atoms with Crippen LogP contribution in [0, 0.1) is 6.92 Å². The highest BCUT2D eigenvalue weighted by atomic mass is 16.2. The van der Waals surface area contributed by atoms with E-state index in [-0.39, 0.29) is 12.1 Å². The number of urea groups is 1. The highest BCUT2D eigenvalue weighted by molar-refractivity contribution is 5.89. The minimum absolute atomic E-state index is 0.0614. The van der Waals surface area contributed by atoms with Gasteiger partial charge < -0.3 is 15.5 Å². The molecule has 3 aromatic rings. The maximum Gasteiger partial charge on any atom is 0.319 e. The molecule has 1 aliphatic rings. The smallest absolute Gasteiger partial charge is 0.319 e. The minimum Gasteiger partial charge on any atom is -0.353 e. The number of piperidine rings is 1. The molecular weight excluding hydrogens is 356 g/mol. The fraction of sp³-hybridized carbons (Fsp3) is 0.316. The molecule has 1 aromatic carbocycles. The van der Waals surface area contributed by atoms with E-state index in [0.29, 0.717) is 5.82 Å². The Morgan fingerprint density at radius 1 is 1.25 bits per heavy atom. The summed E-state index contributed by atoms with van der Waals surface area (Å²) in [6, 6.07) is 7.29. The summed E-state index contributed by atoms with van der Waals surface area (Å²) in [6.45, 7) is 3.49. The Labute approximate surface area is 162 Å². The van der Waals surface area contributed by atoms with Crippen molar-refractivity contribution in [2.45, 2.75) is 25.8 Å². The maximum absolute atomic E-state index is 12.4.